The van der Waals surface area contributed by atoms with Gasteiger partial charge in [0.2, 0.25) is 0 Å². The Balaban J connectivity index is 2.07. The zero-order chi connectivity index (χ0) is 17.4. The van der Waals surface area contributed by atoms with Gasteiger partial charge in [-0.3, -0.25) is 0 Å². The van der Waals surface area contributed by atoms with Crippen molar-refractivity contribution in [3.8, 4) is 0 Å². The van der Waals surface area contributed by atoms with E-state index in [9.17, 15) is 18.3 Å². The molecule has 2 aromatic rings. The number of rotatable bonds is 2. The highest BCUT2D eigenvalue weighted by molar-refractivity contribution is 7.80. The number of thiocarbonyl (C=S) groups is 1. The van der Waals surface area contributed by atoms with Crippen molar-refractivity contribution in [1.29, 1.82) is 0 Å². The smallest absolute Gasteiger partial charge is 0.365 e. The molecule has 3 rings (SSSR count). The van der Waals surface area contributed by atoms with E-state index in [1.165, 1.54) is 0 Å². The third-order valence-electron chi connectivity index (χ3n) is 3.76. The molecule has 0 fully saturated rings. The van der Waals surface area contributed by atoms with Crippen LogP contribution in [0.5, 0.6) is 0 Å². The Hall–Kier alpha value is -2.25. The van der Waals surface area contributed by atoms with Gasteiger partial charge in [-0.1, -0.05) is 72.9 Å². The largest absolute Gasteiger partial charge is 0.431 e. The maximum absolute atomic E-state index is 13.1. The molecule has 0 bridgehead atoms. The molecule has 124 valence electrons. The maximum atomic E-state index is 13.1. The third-order valence-corrected chi connectivity index (χ3v) is 4.17. The third kappa shape index (κ3) is 2.92. The fraction of sp³-hybridized carbons (Fsp3) is 0.176. The minimum Gasteiger partial charge on any atom is -0.365 e. The average Bonchev–Trinajstić information content (AvgIpc) is 2.95. The molecule has 3 nitrogen and oxygen atoms in total. The van der Waals surface area contributed by atoms with Crippen molar-refractivity contribution >= 4 is 22.9 Å². The van der Waals surface area contributed by atoms with Crippen LogP contribution in [-0.2, 0) is 5.72 Å². The SMILES string of the molecule is O[C@@]1(c2ccccc2)CC(C(F)(F)F)=NN1C(=S)c1ccccc1. The summed E-state index contributed by atoms with van der Waals surface area (Å²) in [6.07, 6.45) is -5.32. The highest BCUT2D eigenvalue weighted by Crippen LogP contribution is 2.40. The summed E-state index contributed by atoms with van der Waals surface area (Å²) < 4.78 is 39.4. The maximum Gasteiger partial charge on any atom is 0.431 e. The van der Waals surface area contributed by atoms with E-state index in [4.69, 9.17) is 12.2 Å². The summed E-state index contributed by atoms with van der Waals surface area (Å²) in [4.78, 5) is 0.0289. The molecule has 0 amide bonds. The van der Waals surface area contributed by atoms with E-state index in [1.54, 1.807) is 60.7 Å². The van der Waals surface area contributed by atoms with Crippen molar-refractivity contribution in [1.82, 2.24) is 5.01 Å². The monoisotopic (exact) mass is 350 g/mol. The van der Waals surface area contributed by atoms with Crippen LogP contribution >= 0.6 is 12.2 Å². The molecular weight excluding hydrogens is 337 g/mol. The average molecular weight is 350 g/mol. The topological polar surface area (TPSA) is 35.8 Å². The molecule has 7 heteroatoms. The molecule has 1 aliphatic heterocycles. The highest BCUT2D eigenvalue weighted by Gasteiger charge is 2.52. The Kier molecular flexibility index (Phi) is 4.15. The van der Waals surface area contributed by atoms with Crippen molar-refractivity contribution in [2.75, 3.05) is 0 Å². The minimum atomic E-state index is -4.64. The van der Waals surface area contributed by atoms with Crippen LogP contribution in [0.25, 0.3) is 0 Å². The summed E-state index contributed by atoms with van der Waals surface area (Å²) >= 11 is 5.30. The number of halogens is 3. The lowest BCUT2D eigenvalue weighted by molar-refractivity contribution is -0.0700. The number of alkyl halides is 3. The van der Waals surface area contributed by atoms with Crippen LogP contribution < -0.4 is 0 Å². The van der Waals surface area contributed by atoms with E-state index in [0.717, 1.165) is 5.01 Å². The second kappa shape index (κ2) is 5.99. The molecule has 0 aromatic heterocycles. The molecule has 1 atom stereocenters. The molecule has 24 heavy (non-hydrogen) atoms. The summed E-state index contributed by atoms with van der Waals surface area (Å²) in [6, 6.07) is 16.6. The first-order valence-electron chi connectivity index (χ1n) is 7.14. The van der Waals surface area contributed by atoms with E-state index in [-0.39, 0.29) is 4.99 Å². The van der Waals surface area contributed by atoms with Crippen molar-refractivity contribution in [3.05, 3.63) is 71.8 Å². The lowest BCUT2D eigenvalue weighted by atomic mass is 9.97. The van der Waals surface area contributed by atoms with Crippen LogP contribution in [0.2, 0.25) is 0 Å². The number of hydrazone groups is 1. The molecule has 0 saturated heterocycles. The summed E-state index contributed by atoms with van der Waals surface area (Å²) in [6.45, 7) is 0. The summed E-state index contributed by atoms with van der Waals surface area (Å²) in [5.41, 5.74) is -2.23. The van der Waals surface area contributed by atoms with Gasteiger partial charge in [-0.2, -0.15) is 18.3 Å². The molecule has 1 aliphatic rings. The van der Waals surface area contributed by atoms with Gasteiger partial charge in [0.05, 0.1) is 6.42 Å². The van der Waals surface area contributed by atoms with Crippen LogP contribution in [0.15, 0.2) is 65.8 Å². The molecular formula is C17H13F3N2OS. The molecule has 1 N–H and O–H groups in total. The Morgan fingerprint density at radius 3 is 2.12 bits per heavy atom. The standard InChI is InChI=1S/C17H13F3N2OS/c18-17(19,20)14-11-16(23,13-9-5-2-6-10-13)22(21-14)15(24)12-7-3-1-4-8-12/h1-10,23H,11H2/t16-/m1/s1. The van der Waals surface area contributed by atoms with Gasteiger partial charge in [0.25, 0.3) is 0 Å². The Morgan fingerprint density at radius 2 is 1.58 bits per heavy atom. The molecule has 2 aromatic carbocycles. The predicted molar refractivity (Wildman–Crippen MR) is 88.4 cm³/mol. The van der Waals surface area contributed by atoms with Gasteiger partial charge in [-0.05, 0) is 0 Å². The first kappa shape index (κ1) is 16.6. The molecule has 0 saturated carbocycles. The van der Waals surface area contributed by atoms with E-state index >= 15 is 0 Å². The van der Waals surface area contributed by atoms with E-state index in [0.29, 0.717) is 11.1 Å². The van der Waals surface area contributed by atoms with Crippen molar-refractivity contribution < 1.29 is 18.3 Å². The van der Waals surface area contributed by atoms with Gasteiger partial charge in [0.15, 0.2) is 5.72 Å². The fourth-order valence-electron chi connectivity index (χ4n) is 2.55. The van der Waals surface area contributed by atoms with Gasteiger partial charge in [-0.25, -0.2) is 5.01 Å². The lowest BCUT2D eigenvalue weighted by Gasteiger charge is -2.33. The molecule has 0 aliphatic carbocycles. The van der Waals surface area contributed by atoms with Crippen LogP contribution in [-0.4, -0.2) is 27.0 Å². The van der Waals surface area contributed by atoms with Crippen LogP contribution in [0.3, 0.4) is 0 Å². The molecule has 1 heterocycles. The lowest BCUT2D eigenvalue weighted by Crippen LogP contribution is -2.43. The quantitative estimate of drug-likeness (QED) is 0.836. The van der Waals surface area contributed by atoms with E-state index < -0.39 is 24.0 Å². The number of nitrogens with zero attached hydrogens (tertiary/aromatic N) is 2. The van der Waals surface area contributed by atoms with Gasteiger partial charge in [0.1, 0.15) is 10.7 Å². The first-order valence-corrected chi connectivity index (χ1v) is 7.55. The fourth-order valence-corrected chi connectivity index (χ4v) is 2.88. The van der Waals surface area contributed by atoms with Gasteiger partial charge >= 0.3 is 6.18 Å². The van der Waals surface area contributed by atoms with Crippen LogP contribution in [0.4, 0.5) is 13.2 Å². The Labute approximate surface area is 142 Å². The number of hydrogen-bond acceptors (Lipinski definition) is 3. The summed E-state index contributed by atoms with van der Waals surface area (Å²) in [5, 5.41) is 15.5. The second-order valence-electron chi connectivity index (χ2n) is 5.39. The number of aliphatic hydroxyl groups is 1. The minimum absolute atomic E-state index is 0.0289. The molecule has 0 spiro atoms. The van der Waals surface area contributed by atoms with Crippen molar-refractivity contribution in [3.63, 3.8) is 0 Å². The Bertz CT molecular complexity index is 777. The van der Waals surface area contributed by atoms with E-state index in [1.807, 2.05) is 0 Å². The summed E-state index contributed by atoms with van der Waals surface area (Å²) in [5.74, 6) is 0. The predicted octanol–water partition coefficient (Wildman–Crippen LogP) is 3.83. The molecule has 0 unspecified atom stereocenters. The zero-order valence-corrected chi connectivity index (χ0v) is 13.2. The van der Waals surface area contributed by atoms with Crippen molar-refractivity contribution in [2.45, 2.75) is 18.3 Å². The summed E-state index contributed by atoms with van der Waals surface area (Å²) in [7, 11) is 0. The van der Waals surface area contributed by atoms with Crippen LogP contribution in [0, 0.1) is 0 Å². The van der Waals surface area contributed by atoms with Crippen molar-refractivity contribution in [2.24, 2.45) is 5.10 Å². The molecule has 0 radical (unpaired) electrons. The van der Waals surface area contributed by atoms with Gasteiger partial charge < -0.3 is 5.11 Å². The first-order chi connectivity index (χ1) is 11.3. The normalized spacial score (nSPS) is 20.8. The second-order valence-corrected chi connectivity index (χ2v) is 5.77. The zero-order valence-electron chi connectivity index (χ0n) is 12.4. The Morgan fingerprint density at radius 1 is 1.04 bits per heavy atom. The van der Waals surface area contributed by atoms with Gasteiger partial charge in [-0.15, -0.1) is 0 Å². The number of benzene rings is 2. The van der Waals surface area contributed by atoms with E-state index in [2.05, 4.69) is 5.10 Å². The van der Waals surface area contributed by atoms with Gasteiger partial charge in [0, 0.05) is 11.1 Å². The highest BCUT2D eigenvalue weighted by atomic mass is 32.1. The van der Waals surface area contributed by atoms with Crippen LogP contribution in [0.1, 0.15) is 17.5 Å². The number of hydrogen-bond donors (Lipinski definition) is 1.